The van der Waals surface area contributed by atoms with Crippen LogP contribution >= 0.6 is 0 Å². The molecule has 0 radical (unpaired) electrons. The molecule has 2 heterocycles. The fraction of sp³-hybridized carbons (Fsp3) is 0.294. The van der Waals surface area contributed by atoms with Crippen LogP contribution < -0.4 is 10.2 Å². The van der Waals surface area contributed by atoms with E-state index in [2.05, 4.69) is 5.32 Å². The van der Waals surface area contributed by atoms with E-state index in [4.69, 9.17) is 4.42 Å². The molecule has 0 spiro atoms. The fourth-order valence-electron chi connectivity index (χ4n) is 2.71. The summed E-state index contributed by atoms with van der Waals surface area (Å²) in [6.45, 7) is 0.320. The second-order valence-corrected chi connectivity index (χ2v) is 5.80. The van der Waals surface area contributed by atoms with Gasteiger partial charge in [0.1, 0.15) is 0 Å². The Balaban J connectivity index is 1.67. The molecule has 25 heavy (non-hydrogen) atoms. The van der Waals surface area contributed by atoms with Gasteiger partial charge in [0.15, 0.2) is 0 Å². The zero-order valence-electron chi connectivity index (χ0n) is 13.0. The van der Waals surface area contributed by atoms with Crippen LogP contribution in [0.25, 0.3) is 0 Å². The smallest absolute Gasteiger partial charge is 0.416 e. The molecule has 1 N–H and O–H groups in total. The summed E-state index contributed by atoms with van der Waals surface area (Å²) < 4.78 is 43.3. The molecule has 1 aromatic carbocycles. The molecule has 1 unspecified atom stereocenters. The van der Waals surface area contributed by atoms with Gasteiger partial charge < -0.3 is 14.6 Å². The zero-order valence-corrected chi connectivity index (χ0v) is 13.0. The van der Waals surface area contributed by atoms with Crippen LogP contribution in [-0.4, -0.2) is 18.4 Å². The Morgan fingerprint density at radius 2 is 2.12 bits per heavy atom. The summed E-state index contributed by atoms with van der Waals surface area (Å²) in [7, 11) is 0. The van der Waals surface area contributed by atoms with Gasteiger partial charge in [-0.25, -0.2) is 0 Å². The van der Waals surface area contributed by atoms with Crippen LogP contribution in [0.1, 0.15) is 17.5 Å². The summed E-state index contributed by atoms with van der Waals surface area (Å²) in [6, 6.07) is 6.24. The number of furan rings is 1. The number of carbonyl (C=O) groups is 2. The van der Waals surface area contributed by atoms with Crippen molar-refractivity contribution in [3.8, 4) is 0 Å². The predicted molar refractivity (Wildman–Crippen MR) is 82.5 cm³/mol. The number of nitrogens with zero attached hydrogens (tertiary/aromatic N) is 1. The van der Waals surface area contributed by atoms with E-state index < -0.39 is 17.7 Å². The van der Waals surface area contributed by atoms with Crippen molar-refractivity contribution in [1.29, 1.82) is 0 Å². The predicted octanol–water partition coefficient (Wildman–Crippen LogP) is 2.97. The maximum absolute atomic E-state index is 12.8. The van der Waals surface area contributed by atoms with Gasteiger partial charge in [-0.2, -0.15) is 13.2 Å². The highest BCUT2D eigenvalue weighted by Crippen LogP contribution is 2.33. The molecule has 5 nitrogen and oxygen atoms in total. The Labute approximate surface area is 141 Å². The van der Waals surface area contributed by atoms with Gasteiger partial charge in [0, 0.05) is 30.8 Å². The van der Waals surface area contributed by atoms with Crippen molar-refractivity contribution < 1.29 is 27.2 Å². The number of carbonyl (C=O) groups excluding carboxylic acids is 2. The molecule has 2 aromatic rings. The van der Waals surface area contributed by atoms with E-state index in [9.17, 15) is 22.8 Å². The number of halogens is 3. The summed E-state index contributed by atoms with van der Waals surface area (Å²) in [5.74, 6) is -1.29. The monoisotopic (exact) mass is 352 g/mol. The molecule has 1 atom stereocenters. The first-order chi connectivity index (χ1) is 11.8. The minimum Gasteiger partial charge on any atom is -0.472 e. The molecule has 1 aliphatic rings. The highest BCUT2D eigenvalue weighted by molar-refractivity contribution is 6.00. The maximum Gasteiger partial charge on any atom is 0.416 e. The average molecular weight is 352 g/mol. The van der Waals surface area contributed by atoms with E-state index >= 15 is 0 Å². The number of hydrogen-bond donors (Lipinski definition) is 1. The second-order valence-electron chi connectivity index (χ2n) is 5.80. The Hall–Kier alpha value is -2.77. The van der Waals surface area contributed by atoms with E-state index in [0.29, 0.717) is 0 Å². The van der Waals surface area contributed by atoms with Crippen LogP contribution in [0.5, 0.6) is 0 Å². The summed E-state index contributed by atoms with van der Waals surface area (Å²) in [4.78, 5) is 25.5. The van der Waals surface area contributed by atoms with Gasteiger partial charge in [-0.15, -0.1) is 0 Å². The van der Waals surface area contributed by atoms with Crippen LogP contribution in [0.2, 0.25) is 0 Å². The number of anilines is 1. The first-order valence-electron chi connectivity index (χ1n) is 7.61. The number of hydrogen-bond acceptors (Lipinski definition) is 3. The third-order valence-corrected chi connectivity index (χ3v) is 4.03. The number of benzene rings is 1. The quantitative estimate of drug-likeness (QED) is 0.920. The number of alkyl halides is 3. The summed E-state index contributed by atoms with van der Waals surface area (Å²) >= 11 is 0. The lowest BCUT2D eigenvalue weighted by Gasteiger charge is -2.18. The first-order valence-corrected chi connectivity index (χ1v) is 7.61. The molecule has 8 heteroatoms. The van der Waals surface area contributed by atoms with E-state index in [0.717, 1.165) is 17.7 Å². The lowest BCUT2D eigenvalue weighted by Crippen LogP contribution is -2.32. The van der Waals surface area contributed by atoms with Crippen molar-refractivity contribution in [2.75, 3.05) is 11.4 Å². The Kier molecular flexibility index (Phi) is 4.52. The van der Waals surface area contributed by atoms with Gasteiger partial charge in [0.05, 0.1) is 24.0 Å². The molecule has 0 bridgehead atoms. The Bertz CT molecular complexity index is 772. The molecule has 1 saturated heterocycles. The van der Waals surface area contributed by atoms with Crippen molar-refractivity contribution in [1.82, 2.24) is 5.32 Å². The first kappa shape index (κ1) is 17.1. The fourth-order valence-corrected chi connectivity index (χ4v) is 2.71. The van der Waals surface area contributed by atoms with Gasteiger partial charge in [-0.05, 0) is 24.3 Å². The van der Waals surface area contributed by atoms with Crippen LogP contribution in [0.15, 0.2) is 47.3 Å². The molecule has 3 rings (SSSR count). The molecule has 1 fully saturated rings. The van der Waals surface area contributed by atoms with Crippen molar-refractivity contribution in [3.05, 3.63) is 54.0 Å². The topological polar surface area (TPSA) is 62.6 Å². The van der Waals surface area contributed by atoms with Crippen molar-refractivity contribution in [2.45, 2.75) is 19.1 Å². The third-order valence-electron chi connectivity index (χ3n) is 4.03. The van der Waals surface area contributed by atoms with Gasteiger partial charge in [-0.3, -0.25) is 9.59 Å². The molecule has 1 aromatic heterocycles. The Morgan fingerprint density at radius 3 is 2.80 bits per heavy atom. The largest absolute Gasteiger partial charge is 0.472 e. The SMILES string of the molecule is O=C(NCc1ccoc1)C1CC(=O)N(c2cccc(C(F)(F)F)c2)C1. The highest BCUT2D eigenvalue weighted by Gasteiger charge is 2.36. The van der Waals surface area contributed by atoms with Crippen LogP contribution in [0, 0.1) is 5.92 Å². The van der Waals surface area contributed by atoms with Gasteiger partial charge in [0.25, 0.3) is 0 Å². The van der Waals surface area contributed by atoms with Gasteiger partial charge >= 0.3 is 6.18 Å². The van der Waals surface area contributed by atoms with Crippen LogP contribution in [-0.2, 0) is 22.3 Å². The van der Waals surface area contributed by atoms with E-state index in [1.807, 2.05) is 0 Å². The molecule has 0 saturated carbocycles. The van der Waals surface area contributed by atoms with Crippen molar-refractivity contribution >= 4 is 17.5 Å². The van der Waals surface area contributed by atoms with E-state index in [1.165, 1.54) is 29.6 Å². The number of rotatable bonds is 4. The van der Waals surface area contributed by atoms with E-state index in [1.54, 1.807) is 6.07 Å². The standard InChI is InChI=1S/C17H15F3N2O3/c18-17(19,20)13-2-1-3-14(7-13)22-9-12(6-15(22)23)16(24)21-8-11-4-5-25-10-11/h1-5,7,10,12H,6,8-9H2,(H,21,24). The van der Waals surface area contributed by atoms with Gasteiger partial charge in [0.2, 0.25) is 11.8 Å². The Morgan fingerprint density at radius 1 is 1.32 bits per heavy atom. The minimum absolute atomic E-state index is 0.0343. The molecular weight excluding hydrogens is 337 g/mol. The number of amides is 2. The second kappa shape index (κ2) is 6.62. The normalized spacial score (nSPS) is 17.8. The van der Waals surface area contributed by atoms with Crippen molar-refractivity contribution in [3.63, 3.8) is 0 Å². The van der Waals surface area contributed by atoms with Crippen LogP contribution in [0.3, 0.4) is 0 Å². The van der Waals surface area contributed by atoms with Gasteiger partial charge in [-0.1, -0.05) is 6.07 Å². The lowest BCUT2D eigenvalue weighted by molar-refractivity contribution is -0.137. The molecule has 132 valence electrons. The van der Waals surface area contributed by atoms with Crippen LogP contribution in [0.4, 0.5) is 18.9 Å². The summed E-state index contributed by atoms with van der Waals surface area (Å²) in [5, 5.41) is 2.70. The summed E-state index contributed by atoms with van der Waals surface area (Å²) in [5.41, 5.74) is 0.100. The highest BCUT2D eigenvalue weighted by atomic mass is 19.4. The zero-order chi connectivity index (χ0) is 18.0. The number of nitrogens with one attached hydrogen (secondary N) is 1. The third kappa shape index (κ3) is 3.84. The maximum atomic E-state index is 12.8. The minimum atomic E-state index is -4.49. The van der Waals surface area contributed by atoms with E-state index in [-0.39, 0.29) is 37.0 Å². The molecular formula is C17H15F3N2O3. The molecule has 0 aliphatic carbocycles. The summed E-state index contributed by atoms with van der Waals surface area (Å²) in [6.07, 6.45) is -1.54. The lowest BCUT2D eigenvalue weighted by atomic mass is 10.1. The van der Waals surface area contributed by atoms with Crippen molar-refractivity contribution in [2.24, 2.45) is 5.92 Å². The molecule has 1 aliphatic heterocycles. The average Bonchev–Trinajstić information content (AvgIpc) is 3.21. The molecule has 2 amide bonds.